The van der Waals surface area contributed by atoms with E-state index in [9.17, 15) is 19.5 Å². The number of likely N-dealkylation sites (tertiary alicyclic amines) is 1. The number of carbonyl (C=O) groups excluding carboxylic acids is 3. The van der Waals surface area contributed by atoms with Crippen LogP contribution in [0.15, 0.2) is 158 Å². The average Bonchev–Trinajstić information content (AvgIpc) is 3.28. The number of hydrogen-bond acceptors (Lipinski definition) is 7. The van der Waals surface area contributed by atoms with Crippen LogP contribution in [0.4, 0.5) is 21.9 Å². The number of anilines is 3. The van der Waals surface area contributed by atoms with Gasteiger partial charge in [0.05, 0.1) is 11.4 Å². The minimum absolute atomic E-state index is 0.139. The Kier molecular flexibility index (Phi) is 13.8. The summed E-state index contributed by atoms with van der Waals surface area (Å²) in [6, 6.07) is 49.8. The van der Waals surface area contributed by atoms with E-state index < -0.39 is 6.09 Å². The topological polar surface area (TPSA) is 123 Å². The van der Waals surface area contributed by atoms with Crippen molar-refractivity contribution < 1.29 is 24.2 Å². The van der Waals surface area contributed by atoms with Gasteiger partial charge in [-0.3, -0.25) is 9.59 Å². The Labute approximate surface area is 345 Å². The second kappa shape index (κ2) is 20.1. The number of amides is 3. The van der Waals surface area contributed by atoms with E-state index in [0.717, 1.165) is 39.2 Å². The van der Waals surface area contributed by atoms with Crippen LogP contribution in [0.1, 0.15) is 35.2 Å². The lowest BCUT2D eigenvalue weighted by molar-refractivity contribution is -0.116. The Morgan fingerprint density at radius 1 is 0.678 bits per heavy atom. The van der Waals surface area contributed by atoms with Gasteiger partial charge in [0.2, 0.25) is 5.91 Å². The number of aromatic hydroxyl groups is 1. The van der Waals surface area contributed by atoms with E-state index in [2.05, 4.69) is 20.9 Å². The lowest BCUT2D eigenvalue weighted by Gasteiger charge is -2.33. The van der Waals surface area contributed by atoms with Crippen molar-refractivity contribution in [1.82, 2.24) is 15.5 Å². The maximum absolute atomic E-state index is 14.5. The summed E-state index contributed by atoms with van der Waals surface area (Å²) in [5.41, 5.74) is 7.36. The van der Waals surface area contributed by atoms with Crippen LogP contribution in [-0.4, -0.2) is 66.7 Å². The molecule has 0 radical (unpaired) electrons. The van der Waals surface area contributed by atoms with E-state index in [1.54, 1.807) is 41.3 Å². The fourth-order valence-corrected chi connectivity index (χ4v) is 7.27. The summed E-state index contributed by atoms with van der Waals surface area (Å²) in [5.74, 6) is -0.136. The summed E-state index contributed by atoms with van der Waals surface area (Å²) >= 11 is 0. The molecule has 1 fully saturated rings. The molecule has 59 heavy (non-hydrogen) atoms. The molecule has 300 valence electrons. The van der Waals surface area contributed by atoms with E-state index in [4.69, 9.17) is 4.74 Å². The number of rotatable bonds is 15. The van der Waals surface area contributed by atoms with Gasteiger partial charge in [-0.25, -0.2) is 9.69 Å². The first-order chi connectivity index (χ1) is 28.9. The Morgan fingerprint density at radius 2 is 1.27 bits per heavy atom. The highest BCUT2D eigenvalue weighted by atomic mass is 16.6. The molecule has 0 aliphatic carbocycles. The third-order valence-electron chi connectivity index (χ3n) is 10.4. The molecule has 1 heterocycles. The molecule has 10 nitrogen and oxygen atoms in total. The van der Waals surface area contributed by atoms with Crippen molar-refractivity contribution in [2.45, 2.75) is 31.9 Å². The molecule has 4 N–H and O–H groups in total. The Morgan fingerprint density at radius 3 is 1.90 bits per heavy atom. The van der Waals surface area contributed by atoms with Crippen molar-refractivity contribution in [2.75, 3.05) is 42.9 Å². The SMILES string of the molecule is O=C(CCN1CCC(OC(=O)N(c2ccccc2-c2ccccc2)c2ccccc2-c2ccccc2)CC1)Nc1cccc(C(=O)NCCNCc2ccc(O)cc2)c1. The molecule has 0 unspecified atom stereocenters. The zero-order valence-electron chi connectivity index (χ0n) is 32.9. The second-order valence-electron chi connectivity index (χ2n) is 14.5. The molecule has 0 bridgehead atoms. The van der Waals surface area contributed by atoms with Gasteiger partial charge in [0, 0.05) is 68.1 Å². The third kappa shape index (κ3) is 11.0. The van der Waals surface area contributed by atoms with E-state index in [1.807, 2.05) is 121 Å². The van der Waals surface area contributed by atoms with Crippen molar-refractivity contribution in [3.63, 3.8) is 0 Å². The van der Waals surface area contributed by atoms with Gasteiger partial charge in [-0.05, 0) is 72.0 Å². The molecule has 0 spiro atoms. The summed E-state index contributed by atoms with van der Waals surface area (Å²) in [5, 5.41) is 18.5. The molecule has 1 aliphatic heterocycles. The zero-order chi connectivity index (χ0) is 40.8. The molecule has 6 aromatic rings. The molecule has 10 heteroatoms. The van der Waals surface area contributed by atoms with E-state index in [0.29, 0.717) is 63.4 Å². The molecule has 1 saturated heterocycles. The van der Waals surface area contributed by atoms with Gasteiger partial charge >= 0.3 is 6.09 Å². The van der Waals surface area contributed by atoms with Crippen molar-refractivity contribution >= 4 is 35.0 Å². The van der Waals surface area contributed by atoms with Crippen LogP contribution in [0, 0.1) is 0 Å². The smallest absolute Gasteiger partial charge is 0.419 e. The van der Waals surface area contributed by atoms with Crippen molar-refractivity contribution in [3.8, 4) is 28.0 Å². The summed E-state index contributed by atoms with van der Waals surface area (Å²) < 4.78 is 6.32. The number of benzene rings is 6. The quantitative estimate of drug-likeness (QED) is 0.0767. The lowest BCUT2D eigenvalue weighted by atomic mass is 10.00. The lowest BCUT2D eigenvalue weighted by Crippen LogP contribution is -2.41. The molecular weight excluding hydrogens is 739 g/mol. The second-order valence-corrected chi connectivity index (χ2v) is 14.5. The van der Waals surface area contributed by atoms with Gasteiger partial charge in [-0.2, -0.15) is 0 Å². The number of hydrogen-bond donors (Lipinski definition) is 4. The third-order valence-corrected chi connectivity index (χ3v) is 10.4. The monoisotopic (exact) mass is 787 g/mol. The van der Waals surface area contributed by atoms with Crippen LogP contribution in [0.2, 0.25) is 0 Å². The Balaban J connectivity index is 0.919. The average molecular weight is 788 g/mol. The number of piperidine rings is 1. The molecule has 7 rings (SSSR count). The number of nitrogens with zero attached hydrogens (tertiary/aromatic N) is 2. The highest BCUT2D eigenvalue weighted by molar-refractivity contribution is 6.04. The largest absolute Gasteiger partial charge is 0.508 e. The Hall–Kier alpha value is -6.75. The molecular formula is C49H49N5O5. The number of phenolic OH excluding ortho intramolecular Hbond substituents is 1. The van der Waals surface area contributed by atoms with Crippen LogP contribution < -0.4 is 20.9 Å². The van der Waals surface area contributed by atoms with Gasteiger partial charge in [0.25, 0.3) is 5.91 Å². The first-order valence-electron chi connectivity index (χ1n) is 20.1. The summed E-state index contributed by atoms with van der Waals surface area (Å²) in [6.45, 7) is 3.57. The predicted octanol–water partition coefficient (Wildman–Crippen LogP) is 9.01. The van der Waals surface area contributed by atoms with Gasteiger partial charge in [-0.1, -0.05) is 115 Å². The highest BCUT2D eigenvalue weighted by Gasteiger charge is 2.29. The molecule has 6 aromatic carbocycles. The summed E-state index contributed by atoms with van der Waals surface area (Å²) in [4.78, 5) is 44.2. The van der Waals surface area contributed by atoms with Crippen molar-refractivity contribution in [1.29, 1.82) is 0 Å². The van der Waals surface area contributed by atoms with Crippen molar-refractivity contribution in [2.24, 2.45) is 0 Å². The minimum Gasteiger partial charge on any atom is -0.508 e. The Bertz CT molecular complexity index is 2230. The van der Waals surface area contributed by atoms with E-state index in [1.165, 1.54) is 0 Å². The molecule has 0 atom stereocenters. The summed E-state index contributed by atoms with van der Waals surface area (Å²) in [7, 11) is 0. The predicted molar refractivity (Wildman–Crippen MR) is 234 cm³/mol. The maximum atomic E-state index is 14.5. The van der Waals surface area contributed by atoms with Crippen molar-refractivity contribution in [3.05, 3.63) is 169 Å². The molecule has 0 saturated carbocycles. The van der Waals surface area contributed by atoms with Gasteiger partial charge in [0.1, 0.15) is 11.9 Å². The van der Waals surface area contributed by atoms with E-state index in [-0.39, 0.29) is 30.1 Å². The van der Waals surface area contributed by atoms with Gasteiger partial charge in [0.15, 0.2) is 0 Å². The van der Waals surface area contributed by atoms with Gasteiger partial charge < -0.3 is 30.7 Å². The maximum Gasteiger partial charge on any atom is 0.419 e. The van der Waals surface area contributed by atoms with Crippen LogP contribution in [0.5, 0.6) is 5.75 Å². The normalized spacial score (nSPS) is 13.0. The van der Waals surface area contributed by atoms with Crippen LogP contribution >= 0.6 is 0 Å². The number of nitrogens with one attached hydrogen (secondary N) is 3. The van der Waals surface area contributed by atoms with Crippen LogP contribution in [0.25, 0.3) is 22.3 Å². The molecule has 3 amide bonds. The molecule has 1 aliphatic rings. The fourth-order valence-electron chi connectivity index (χ4n) is 7.27. The number of phenols is 1. The van der Waals surface area contributed by atoms with E-state index >= 15 is 0 Å². The number of ether oxygens (including phenoxy) is 1. The standard InChI is InChI=1S/C49H49N5O5/c55-41-24-22-36(23-25-41)35-50-29-30-51-48(57)39-16-11-17-40(34-39)52-47(56)28-33-53-31-26-42(27-32-53)59-49(58)54(45-20-9-7-18-43(45)37-12-3-1-4-13-37)46-21-10-8-19-44(46)38-14-5-2-6-15-38/h1-25,34,42,50,55H,26-33,35H2,(H,51,57)(H,52,56). The molecule has 0 aromatic heterocycles. The first-order valence-corrected chi connectivity index (χ1v) is 20.1. The fraction of sp³-hybridized carbons (Fsp3) is 0.204. The van der Waals surface area contributed by atoms with Gasteiger partial charge in [-0.15, -0.1) is 0 Å². The first kappa shape index (κ1) is 40.4. The summed E-state index contributed by atoms with van der Waals surface area (Å²) in [6.07, 6.45) is 0.851. The number of carbonyl (C=O) groups is 3. The minimum atomic E-state index is -0.437. The number of para-hydroxylation sites is 2. The highest BCUT2D eigenvalue weighted by Crippen LogP contribution is 2.40. The van der Waals surface area contributed by atoms with Crippen LogP contribution in [-0.2, 0) is 16.1 Å². The van der Waals surface area contributed by atoms with Crippen LogP contribution in [0.3, 0.4) is 0 Å². The zero-order valence-corrected chi connectivity index (χ0v) is 32.9.